The van der Waals surface area contributed by atoms with Gasteiger partial charge in [0.2, 0.25) is 0 Å². The van der Waals surface area contributed by atoms with Gasteiger partial charge in [0.25, 0.3) is 0 Å². The van der Waals surface area contributed by atoms with Crippen molar-refractivity contribution >= 4 is 34.0 Å². The first-order valence-electron chi connectivity index (χ1n) is 3.84. The zero-order chi connectivity index (χ0) is 13.4. The van der Waals surface area contributed by atoms with E-state index in [1.165, 1.54) is 22.6 Å². The number of hydrogen-bond acceptors (Lipinski definition) is 4. The Morgan fingerprint density at radius 1 is 1.06 bits per heavy atom. The molecule has 0 aliphatic heterocycles. The largest absolute Gasteiger partial charge is 0.423 e. The van der Waals surface area contributed by atoms with Crippen LogP contribution in [0.1, 0.15) is 5.56 Å². The monoisotopic (exact) mass is 362 g/mol. The van der Waals surface area contributed by atoms with Crippen LogP contribution in [0.4, 0.5) is 24.5 Å². The number of rotatable bonds is 2. The van der Waals surface area contributed by atoms with Gasteiger partial charge < -0.3 is 0 Å². The first kappa shape index (κ1) is 13.6. The van der Waals surface area contributed by atoms with Crippen molar-refractivity contribution in [1.29, 1.82) is 0 Å². The zero-order valence-electron chi connectivity index (χ0n) is 7.69. The van der Waals surface area contributed by atoms with Gasteiger partial charge in [0.1, 0.15) is 5.56 Å². The van der Waals surface area contributed by atoms with Crippen LogP contribution in [0.3, 0.4) is 0 Å². The minimum absolute atomic E-state index is 0.229. The van der Waals surface area contributed by atoms with Gasteiger partial charge in [0.15, 0.2) is 0 Å². The fourth-order valence-corrected chi connectivity index (χ4v) is 1.77. The first-order chi connectivity index (χ1) is 7.66. The SMILES string of the molecule is O=[N+]([O-])c1c(I)ccc(C(F)(F)F)c1[N+](=O)[O-]. The molecule has 1 aromatic carbocycles. The molecular formula is C7H2F3IN2O4. The van der Waals surface area contributed by atoms with Crippen LogP contribution in [0.2, 0.25) is 0 Å². The second-order valence-electron chi connectivity index (χ2n) is 2.80. The molecule has 0 aliphatic carbocycles. The van der Waals surface area contributed by atoms with Crippen LogP contribution < -0.4 is 0 Å². The fraction of sp³-hybridized carbons (Fsp3) is 0.143. The number of halogens is 4. The lowest BCUT2D eigenvalue weighted by Crippen LogP contribution is -2.11. The van der Waals surface area contributed by atoms with E-state index in [0.29, 0.717) is 6.07 Å². The van der Waals surface area contributed by atoms with Crippen LogP contribution in [0.25, 0.3) is 0 Å². The van der Waals surface area contributed by atoms with Crippen molar-refractivity contribution in [3.63, 3.8) is 0 Å². The van der Waals surface area contributed by atoms with Gasteiger partial charge in [-0.2, -0.15) is 13.2 Å². The number of hydrogen-bond donors (Lipinski definition) is 0. The second kappa shape index (κ2) is 4.43. The summed E-state index contributed by atoms with van der Waals surface area (Å²) in [6.07, 6.45) is -5.02. The molecule has 6 nitrogen and oxygen atoms in total. The third-order valence-electron chi connectivity index (χ3n) is 1.77. The summed E-state index contributed by atoms with van der Waals surface area (Å²) in [5.41, 5.74) is -4.31. The number of benzene rings is 1. The highest BCUT2D eigenvalue weighted by Gasteiger charge is 2.44. The Labute approximate surface area is 105 Å². The number of nitro groups is 2. The van der Waals surface area contributed by atoms with Crippen LogP contribution >= 0.6 is 22.6 Å². The molecule has 92 valence electrons. The molecule has 0 N–H and O–H groups in total. The molecule has 0 aliphatic rings. The third-order valence-corrected chi connectivity index (χ3v) is 2.64. The normalized spacial score (nSPS) is 11.3. The molecule has 10 heteroatoms. The summed E-state index contributed by atoms with van der Waals surface area (Å²) in [4.78, 5) is 18.5. The Morgan fingerprint density at radius 2 is 1.53 bits per heavy atom. The number of nitrogens with zero attached hydrogens (tertiary/aromatic N) is 2. The topological polar surface area (TPSA) is 86.3 Å². The van der Waals surface area contributed by atoms with Crippen LogP contribution in [-0.4, -0.2) is 9.85 Å². The molecule has 0 atom stereocenters. The zero-order valence-corrected chi connectivity index (χ0v) is 9.85. The molecule has 0 fully saturated rings. The summed E-state index contributed by atoms with van der Waals surface area (Å²) < 4.78 is 37.1. The van der Waals surface area contributed by atoms with E-state index in [2.05, 4.69) is 0 Å². The van der Waals surface area contributed by atoms with Crippen LogP contribution in [0.15, 0.2) is 12.1 Å². The van der Waals surface area contributed by atoms with E-state index < -0.39 is 33.0 Å². The highest BCUT2D eigenvalue weighted by Crippen LogP contribution is 2.42. The quantitative estimate of drug-likeness (QED) is 0.460. The maximum atomic E-state index is 12.5. The Morgan fingerprint density at radius 3 is 1.88 bits per heavy atom. The smallest absolute Gasteiger partial charge is 0.258 e. The molecule has 0 saturated heterocycles. The van der Waals surface area contributed by atoms with Crippen LogP contribution in [-0.2, 0) is 6.18 Å². The van der Waals surface area contributed by atoms with E-state index in [1.54, 1.807) is 0 Å². The standard InChI is InChI=1S/C7H2F3IN2O4/c8-7(9,10)3-1-2-4(11)6(13(16)17)5(3)12(14)15/h1-2H. The maximum absolute atomic E-state index is 12.5. The highest BCUT2D eigenvalue weighted by atomic mass is 127. The van der Waals surface area contributed by atoms with E-state index in [9.17, 15) is 33.4 Å². The molecular weight excluding hydrogens is 360 g/mol. The lowest BCUT2D eigenvalue weighted by molar-refractivity contribution is -0.425. The Kier molecular flexibility index (Phi) is 3.54. The molecule has 1 rings (SSSR count). The van der Waals surface area contributed by atoms with E-state index >= 15 is 0 Å². The first-order valence-corrected chi connectivity index (χ1v) is 4.92. The molecule has 0 spiro atoms. The minimum atomic E-state index is -5.02. The van der Waals surface area contributed by atoms with Crippen molar-refractivity contribution in [3.8, 4) is 0 Å². The van der Waals surface area contributed by atoms with Crippen LogP contribution in [0, 0.1) is 23.8 Å². The predicted octanol–water partition coefficient (Wildman–Crippen LogP) is 3.13. The Bertz CT molecular complexity index is 503. The fourth-order valence-electron chi connectivity index (χ4n) is 1.14. The molecule has 0 bridgehead atoms. The highest BCUT2D eigenvalue weighted by molar-refractivity contribution is 14.1. The third kappa shape index (κ3) is 2.62. The molecule has 0 saturated carbocycles. The van der Waals surface area contributed by atoms with Crippen molar-refractivity contribution in [2.45, 2.75) is 6.18 Å². The van der Waals surface area contributed by atoms with Gasteiger partial charge in [-0.05, 0) is 34.7 Å². The molecule has 17 heavy (non-hydrogen) atoms. The van der Waals surface area contributed by atoms with Gasteiger partial charge >= 0.3 is 17.6 Å². The second-order valence-corrected chi connectivity index (χ2v) is 3.97. The molecule has 0 unspecified atom stereocenters. The van der Waals surface area contributed by atoms with Gasteiger partial charge in [-0.1, -0.05) is 0 Å². The number of nitro benzene ring substituents is 2. The predicted molar refractivity (Wildman–Crippen MR) is 57.5 cm³/mol. The van der Waals surface area contributed by atoms with Crippen molar-refractivity contribution in [2.24, 2.45) is 0 Å². The molecule has 0 aromatic heterocycles. The van der Waals surface area contributed by atoms with Crippen molar-refractivity contribution in [1.82, 2.24) is 0 Å². The van der Waals surface area contributed by atoms with Gasteiger partial charge in [-0.25, -0.2) is 0 Å². The van der Waals surface area contributed by atoms with E-state index in [4.69, 9.17) is 0 Å². The summed E-state index contributed by atoms with van der Waals surface area (Å²) in [6.45, 7) is 0. The number of alkyl halides is 3. The minimum Gasteiger partial charge on any atom is -0.258 e. The van der Waals surface area contributed by atoms with Crippen molar-refractivity contribution < 1.29 is 23.0 Å². The van der Waals surface area contributed by atoms with Gasteiger partial charge in [0, 0.05) is 0 Å². The molecule has 0 amide bonds. The summed E-state index contributed by atoms with van der Waals surface area (Å²) in [7, 11) is 0. The molecule has 0 heterocycles. The Balaban J connectivity index is 3.72. The average molecular weight is 362 g/mol. The van der Waals surface area contributed by atoms with E-state index in [1.807, 2.05) is 0 Å². The van der Waals surface area contributed by atoms with Gasteiger partial charge in [0.05, 0.1) is 13.4 Å². The summed E-state index contributed by atoms with van der Waals surface area (Å²) in [6, 6.07) is 1.27. The van der Waals surface area contributed by atoms with E-state index in [0.717, 1.165) is 6.07 Å². The lowest BCUT2D eigenvalue weighted by atomic mass is 10.1. The summed E-state index contributed by atoms with van der Waals surface area (Å²) in [5.74, 6) is 0. The van der Waals surface area contributed by atoms with Crippen molar-refractivity contribution in [2.75, 3.05) is 0 Å². The summed E-state index contributed by atoms with van der Waals surface area (Å²) in [5, 5.41) is 21.1. The summed E-state index contributed by atoms with van der Waals surface area (Å²) >= 11 is 1.37. The van der Waals surface area contributed by atoms with Gasteiger partial charge in [-0.3, -0.25) is 20.2 Å². The molecule has 1 aromatic rings. The molecule has 0 radical (unpaired) electrons. The lowest BCUT2D eigenvalue weighted by Gasteiger charge is -2.07. The maximum Gasteiger partial charge on any atom is 0.423 e. The van der Waals surface area contributed by atoms with Crippen molar-refractivity contribution in [3.05, 3.63) is 41.5 Å². The van der Waals surface area contributed by atoms with Gasteiger partial charge in [-0.15, -0.1) is 0 Å². The average Bonchev–Trinajstić information content (AvgIpc) is 2.14. The van der Waals surface area contributed by atoms with Crippen LogP contribution in [0.5, 0.6) is 0 Å². The van der Waals surface area contributed by atoms with E-state index in [-0.39, 0.29) is 3.57 Å². The Hall–Kier alpha value is -1.46.